The molecule has 3 heteroatoms. The van der Waals surface area contributed by atoms with Gasteiger partial charge in [-0.15, -0.1) is 0 Å². The highest BCUT2D eigenvalue weighted by atomic mass is 35.5. The maximum Gasteiger partial charge on any atom is 0.0745 e. The molecule has 0 aliphatic heterocycles. The van der Waals surface area contributed by atoms with Crippen molar-refractivity contribution in [3.63, 3.8) is 0 Å². The molecule has 2 aromatic rings. The number of fused-ring (bicyclic) bond motifs is 1. The van der Waals surface area contributed by atoms with Crippen LogP contribution in [0.1, 0.15) is 19.4 Å². The minimum Gasteiger partial charge on any atom is -0.396 e. The summed E-state index contributed by atoms with van der Waals surface area (Å²) in [5, 5.41) is 1.51. The van der Waals surface area contributed by atoms with Crippen LogP contribution in [-0.4, -0.2) is 4.98 Å². The third-order valence-corrected chi connectivity index (χ3v) is 2.41. The Morgan fingerprint density at radius 1 is 1.27 bits per heavy atom. The molecule has 2 rings (SSSR count). The molecule has 0 unspecified atom stereocenters. The molecule has 1 aromatic heterocycles. The summed E-state index contributed by atoms with van der Waals surface area (Å²) in [4.78, 5) is 4.17. The molecule has 80 valence electrons. The molecule has 0 radical (unpaired) electrons. The zero-order chi connectivity index (χ0) is 11.4. The lowest BCUT2D eigenvalue weighted by molar-refractivity contribution is 1.39. The number of halogens is 1. The Morgan fingerprint density at radius 3 is 2.60 bits per heavy atom. The highest BCUT2D eigenvalue weighted by Crippen LogP contribution is 2.27. The third kappa shape index (κ3) is 2.39. The first-order valence-electron chi connectivity index (χ1n) is 4.99. The van der Waals surface area contributed by atoms with Gasteiger partial charge in [-0.3, -0.25) is 4.98 Å². The molecule has 0 amide bonds. The molecule has 2 N–H and O–H groups in total. The molecule has 1 heterocycles. The van der Waals surface area contributed by atoms with Crippen molar-refractivity contribution in [2.75, 3.05) is 5.73 Å². The molecule has 0 fully saturated rings. The van der Waals surface area contributed by atoms with Crippen molar-refractivity contribution in [2.24, 2.45) is 0 Å². The highest BCUT2D eigenvalue weighted by molar-refractivity contribution is 6.37. The maximum atomic E-state index is 6.03. The van der Waals surface area contributed by atoms with Crippen molar-refractivity contribution >= 4 is 28.2 Å². The zero-order valence-corrected chi connectivity index (χ0v) is 9.97. The Kier molecular flexibility index (Phi) is 3.92. The number of nitrogens with zero attached hydrogens (tertiary/aromatic N) is 1. The Bertz CT molecular complexity index is 461. The standard InChI is InChI=1S/C10H9ClN2.C2H6/c1-6-2-3-9-7(4-6)10(11)8(12)5-13-9;1-2/h2-5H,12H2,1H3;1-2H3. The number of rotatable bonds is 0. The molecular weight excluding hydrogens is 208 g/mol. The maximum absolute atomic E-state index is 6.03. The second-order valence-electron chi connectivity index (χ2n) is 3.05. The number of aromatic nitrogens is 1. The summed E-state index contributed by atoms with van der Waals surface area (Å²) in [6.45, 7) is 6.01. The summed E-state index contributed by atoms with van der Waals surface area (Å²) in [6, 6.07) is 5.93. The molecule has 0 spiro atoms. The van der Waals surface area contributed by atoms with Crippen molar-refractivity contribution in [3.8, 4) is 0 Å². The first-order chi connectivity index (χ1) is 7.18. The predicted octanol–water partition coefficient (Wildman–Crippen LogP) is 3.81. The molecule has 0 aliphatic rings. The largest absolute Gasteiger partial charge is 0.396 e. The molecular formula is C12H15ClN2. The van der Waals surface area contributed by atoms with Gasteiger partial charge in [0.1, 0.15) is 0 Å². The smallest absolute Gasteiger partial charge is 0.0745 e. The van der Waals surface area contributed by atoms with Crippen LogP contribution in [0.25, 0.3) is 10.9 Å². The fraction of sp³-hybridized carbons (Fsp3) is 0.250. The van der Waals surface area contributed by atoms with Gasteiger partial charge in [0.25, 0.3) is 0 Å². The highest BCUT2D eigenvalue weighted by Gasteiger charge is 2.03. The van der Waals surface area contributed by atoms with Gasteiger partial charge in [0.2, 0.25) is 0 Å². The van der Waals surface area contributed by atoms with Crippen molar-refractivity contribution in [1.82, 2.24) is 4.98 Å². The fourth-order valence-electron chi connectivity index (χ4n) is 1.29. The SMILES string of the molecule is CC.Cc1ccc2ncc(N)c(Cl)c2c1. The van der Waals surface area contributed by atoms with E-state index in [1.54, 1.807) is 6.20 Å². The monoisotopic (exact) mass is 222 g/mol. The number of pyridine rings is 1. The molecule has 2 nitrogen and oxygen atoms in total. The van der Waals surface area contributed by atoms with E-state index in [1.807, 2.05) is 39.0 Å². The molecule has 0 bridgehead atoms. The molecule has 0 saturated heterocycles. The van der Waals surface area contributed by atoms with Crippen LogP contribution in [0.4, 0.5) is 5.69 Å². The van der Waals surface area contributed by atoms with Crippen LogP contribution >= 0.6 is 11.6 Å². The second-order valence-corrected chi connectivity index (χ2v) is 3.43. The molecule has 0 saturated carbocycles. The van der Waals surface area contributed by atoms with Gasteiger partial charge in [-0.1, -0.05) is 37.1 Å². The van der Waals surface area contributed by atoms with Crippen LogP contribution in [0.3, 0.4) is 0 Å². The van der Waals surface area contributed by atoms with E-state index in [0.717, 1.165) is 16.5 Å². The summed E-state index contributed by atoms with van der Waals surface area (Å²) in [5.74, 6) is 0. The van der Waals surface area contributed by atoms with E-state index in [-0.39, 0.29) is 0 Å². The number of benzene rings is 1. The Labute approximate surface area is 95.1 Å². The number of aryl methyl sites for hydroxylation is 1. The predicted molar refractivity (Wildman–Crippen MR) is 67.3 cm³/mol. The quantitative estimate of drug-likeness (QED) is 0.736. The van der Waals surface area contributed by atoms with Crippen LogP contribution in [0.15, 0.2) is 24.4 Å². The summed E-state index contributed by atoms with van der Waals surface area (Å²) in [6.07, 6.45) is 1.58. The average molecular weight is 223 g/mol. The van der Waals surface area contributed by atoms with Crippen molar-refractivity contribution in [1.29, 1.82) is 0 Å². The van der Waals surface area contributed by atoms with E-state index in [0.29, 0.717) is 10.7 Å². The van der Waals surface area contributed by atoms with Gasteiger partial charge in [-0.2, -0.15) is 0 Å². The van der Waals surface area contributed by atoms with Crippen molar-refractivity contribution in [3.05, 3.63) is 35.0 Å². The number of nitrogens with two attached hydrogens (primary N) is 1. The van der Waals surface area contributed by atoms with E-state index >= 15 is 0 Å². The molecule has 0 aliphatic carbocycles. The van der Waals surface area contributed by atoms with Crippen LogP contribution in [0.5, 0.6) is 0 Å². The number of anilines is 1. The summed E-state index contributed by atoms with van der Waals surface area (Å²) in [5.41, 5.74) is 8.20. The molecule has 1 aromatic carbocycles. The number of nitrogen functional groups attached to an aromatic ring is 1. The van der Waals surface area contributed by atoms with Crippen LogP contribution in [0.2, 0.25) is 5.02 Å². The second kappa shape index (κ2) is 4.99. The zero-order valence-electron chi connectivity index (χ0n) is 9.21. The van der Waals surface area contributed by atoms with Crippen molar-refractivity contribution < 1.29 is 0 Å². The summed E-state index contributed by atoms with van der Waals surface area (Å²) < 4.78 is 0. The Morgan fingerprint density at radius 2 is 1.93 bits per heavy atom. The Hall–Kier alpha value is -1.28. The fourth-order valence-corrected chi connectivity index (χ4v) is 1.49. The topological polar surface area (TPSA) is 38.9 Å². The van der Waals surface area contributed by atoms with Gasteiger partial charge in [0.15, 0.2) is 0 Å². The van der Waals surface area contributed by atoms with E-state index in [1.165, 1.54) is 0 Å². The lowest BCUT2D eigenvalue weighted by atomic mass is 10.1. The normalized spacial score (nSPS) is 9.60. The van der Waals surface area contributed by atoms with Gasteiger partial charge in [-0.25, -0.2) is 0 Å². The number of hydrogen-bond acceptors (Lipinski definition) is 2. The van der Waals surface area contributed by atoms with E-state index in [4.69, 9.17) is 17.3 Å². The first kappa shape index (κ1) is 11.8. The lowest BCUT2D eigenvalue weighted by Crippen LogP contribution is -1.89. The molecule has 0 atom stereocenters. The minimum atomic E-state index is 0.528. The summed E-state index contributed by atoms with van der Waals surface area (Å²) >= 11 is 6.03. The summed E-state index contributed by atoms with van der Waals surface area (Å²) in [7, 11) is 0. The van der Waals surface area contributed by atoms with Gasteiger partial charge in [0.05, 0.1) is 22.4 Å². The molecule has 15 heavy (non-hydrogen) atoms. The van der Waals surface area contributed by atoms with Crippen LogP contribution in [-0.2, 0) is 0 Å². The van der Waals surface area contributed by atoms with E-state index in [2.05, 4.69) is 4.98 Å². The van der Waals surface area contributed by atoms with E-state index < -0.39 is 0 Å². The van der Waals surface area contributed by atoms with Gasteiger partial charge in [-0.05, 0) is 19.1 Å². The van der Waals surface area contributed by atoms with Crippen LogP contribution < -0.4 is 5.73 Å². The van der Waals surface area contributed by atoms with Gasteiger partial charge < -0.3 is 5.73 Å². The van der Waals surface area contributed by atoms with E-state index in [9.17, 15) is 0 Å². The third-order valence-electron chi connectivity index (χ3n) is 1.98. The number of hydrogen-bond donors (Lipinski definition) is 1. The first-order valence-corrected chi connectivity index (χ1v) is 5.36. The van der Waals surface area contributed by atoms with Gasteiger partial charge in [0, 0.05) is 5.39 Å². The minimum absolute atomic E-state index is 0.528. The lowest BCUT2D eigenvalue weighted by Gasteiger charge is -2.03. The van der Waals surface area contributed by atoms with Crippen molar-refractivity contribution in [2.45, 2.75) is 20.8 Å². The average Bonchev–Trinajstić information content (AvgIpc) is 2.27. The van der Waals surface area contributed by atoms with Gasteiger partial charge >= 0.3 is 0 Å². The Balaban J connectivity index is 0.000000531. The van der Waals surface area contributed by atoms with Crippen LogP contribution in [0, 0.1) is 6.92 Å².